The number of rotatable bonds is 7. The Kier molecular flexibility index (Phi) is 6.26. The number of hydrogen-bond donors (Lipinski definition) is 1. The van der Waals surface area contributed by atoms with E-state index >= 15 is 0 Å². The van der Waals surface area contributed by atoms with Crippen LogP contribution < -0.4 is 4.74 Å². The summed E-state index contributed by atoms with van der Waals surface area (Å²) in [5, 5.41) is 11.1. The molecule has 1 aromatic carbocycles. The predicted octanol–water partition coefficient (Wildman–Crippen LogP) is 3.89. The summed E-state index contributed by atoms with van der Waals surface area (Å²) >= 11 is 0. The van der Waals surface area contributed by atoms with Gasteiger partial charge in [0.15, 0.2) is 0 Å². The van der Waals surface area contributed by atoms with Crippen molar-refractivity contribution in [2.75, 3.05) is 6.61 Å². The Morgan fingerprint density at radius 1 is 1.03 bits per heavy atom. The number of ketones is 1. The molecule has 1 saturated heterocycles. The first-order valence-corrected chi connectivity index (χ1v) is 10.4. The van der Waals surface area contributed by atoms with Crippen molar-refractivity contribution in [1.29, 1.82) is 0 Å². The van der Waals surface area contributed by atoms with Gasteiger partial charge in [-0.15, -0.1) is 0 Å². The summed E-state index contributed by atoms with van der Waals surface area (Å²) in [7, 11) is 0. The molecule has 2 aromatic heterocycles. The van der Waals surface area contributed by atoms with Crippen molar-refractivity contribution in [3.05, 3.63) is 95.6 Å². The molecule has 0 saturated carbocycles. The first-order chi connectivity index (χ1) is 15.6. The van der Waals surface area contributed by atoms with E-state index in [0.29, 0.717) is 23.5 Å². The van der Waals surface area contributed by atoms with Gasteiger partial charge in [0.05, 0.1) is 18.2 Å². The van der Waals surface area contributed by atoms with Crippen molar-refractivity contribution >= 4 is 17.4 Å². The lowest BCUT2D eigenvalue weighted by molar-refractivity contribution is -0.140. The molecule has 1 N–H and O–H groups in total. The highest BCUT2D eigenvalue weighted by molar-refractivity contribution is 6.46. The van der Waals surface area contributed by atoms with Crippen LogP contribution in [-0.4, -0.2) is 38.3 Å². The molecular weight excluding hydrogens is 406 g/mol. The molecule has 3 aromatic rings. The number of carbonyl (C=O) groups excluding carboxylic acids is 2. The van der Waals surface area contributed by atoms with E-state index in [1.807, 2.05) is 13.0 Å². The molecule has 1 aliphatic rings. The molecule has 32 heavy (non-hydrogen) atoms. The second kappa shape index (κ2) is 9.43. The van der Waals surface area contributed by atoms with E-state index < -0.39 is 17.7 Å². The molecule has 3 heterocycles. The van der Waals surface area contributed by atoms with Crippen LogP contribution in [0.1, 0.15) is 36.1 Å². The minimum absolute atomic E-state index is 0.0362. The Hall–Kier alpha value is -4.00. The molecule has 0 radical (unpaired) electrons. The van der Waals surface area contributed by atoms with Gasteiger partial charge in [-0.25, -0.2) is 0 Å². The minimum atomic E-state index is -0.764. The van der Waals surface area contributed by atoms with Gasteiger partial charge in [-0.1, -0.05) is 19.1 Å². The zero-order valence-electron chi connectivity index (χ0n) is 17.6. The quantitative estimate of drug-likeness (QED) is 0.348. The number of aliphatic hydroxyl groups is 1. The molecule has 1 atom stereocenters. The van der Waals surface area contributed by atoms with Gasteiger partial charge in [-0.3, -0.25) is 19.6 Å². The molecule has 1 unspecified atom stereocenters. The second-order valence-corrected chi connectivity index (χ2v) is 7.45. The van der Waals surface area contributed by atoms with Crippen LogP contribution in [0.3, 0.4) is 0 Å². The standard InChI is InChI=1S/C25H23N3O4/c1-2-13-32-20-9-7-18(8-10-20)23(29)21-22(19-6-4-12-27-15-19)28(25(31)24(21)30)16-17-5-3-11-26-14-17/h3-12,14-15,22,29H,2,13,16H2,1H3/b23-21-. The van der Waals surface area contributed by atoms with Gasteiger partial charge < -0.3 is 14.7 Å². The zero-order valence-corrected chi connectivity index (χ0v) is 17.6. The number of Topliss-reactive ketones (excluding diaryl/α,β-unsaturated/α-hetero) is 1. The second-order valence-electron chi connectivity index (χ2n) is 7.45. The predicted molar refractivity (Wildman–Crippen MR) is 119 cm³/mol. The first-order valence-electron chi connectivity index (χ1n) is 10.4. The Morgan fingerprint density at radius 3 is 2.38 bits per heavy atom. The fourth-order valence-corrected chi connectivity index (χ4v) is 3.70. The number of aromatic nitrogens is 2. The molecule has 4 rings (SSSR count). The van der Waals surface area contributed by atoms with Crippen LogP contribution in [0.25, 0.3) is 5.76 Å². The van der Waals surface area contributed by atoms with Gasteiger partial charge in [-0.05, 0) is 53.9 Å². The largest absolute Gasteiger partial charge is 0.507 e. The highest BCUT2D eigenvalue weighted by atomic mass is 16.5. The zero-order chi connectivity index (χ0) is 22.5. The number of aliphatic hydroxyl groups excluding tert-OH is 1. The van der Waals surface area contributed by atoms with Gasteiger partial charge in [0, 0.05) is 36.9 Å². The van der Waals surface area contributed by atoms with Gasteiger partial charge in [0.2, 0.25) is 0 Å². The van der Waals surface area contributed by atoms with Crippen LogP contribution in [0.2, 0.25) is 0 Å². The Bertz CT molecular complexity index is 1130. The molecule has 1 aliphatic heterocycles. The van der Waals surface area contributed by atoms with Crippen LogP contribution in [-0.2, 0) is 16.1 Å². The summed E-state index contributed by atoms with van der Waals surface area (Å²) in [6.07, 6.45) is 7.39. The highest BCUT2D eigenvalue weighted by Gasteiger charge is 2.46. The number of carbonyl (C=O) groups is 2. The van der Waals surface area contributed by atoms with E-state index in [9.17, 15) is 14.7 Å². The molecule has 162 valence electrons. The SMILES string of the molecule is CCCOc1ccc(/C(O)=C2/C(=O)C(=O)N(Cc3cccnc3)C2c2cccnc2)cc1. The average Bonchev–Trinajstić information content (AvgIpc) is 3.09. The van der Waals surface area contributed by atoms with Crippen LogP contribution in [0.4, 0.5) is 0 Å². The lowest BCUT2D eigenvalue weighted by Gasteiger charge is -2.25. The summed E-state index contributed by atoms with van der Waals surface area (Å²) in [6.45, 7) is 2.79. The van der Waals surface area contributed by atoms with Gasteiger partial charge in [0.1, 0.15) is 11.5 Å². The number of hydrogen-bond acceptors (Lipinski definition) is 6. The maximum absolute atomic E-state index is 13.0. The van der Waals surface area contributed by atoms with Gasteiger partial charge >= 0.3 is 0 Å². The molecular formula is C25H23N3O4. The van der Waals surface area contributed by atoms with Crippen molar-refractivity contribution in [2.24, 2.45) is 0 Å². The highest BCUT2D eigenvalue weighted by Crippen LogP contribution is 2.40. The number of nitrogens with zero attached hydrogens (tertiary/aromatic N) is 3. The van der Waals surface area contributed by atoms with E-state index in [4.69, 9.17) is 4.74 Å². The maximum Gasteiger partial charge on any atom is 0.295 e. The summed E-state index contributed by atoms with van der Waals surface area (Å²) in [5.74, 6) is -0.962. The van der Waals surface area contributed by atoms with Crippen molar-refractivity contribution in [1.82, 2.24) is 14.9 Å². The monoisotopic (exact) mass is 429 g/mol. The fourth-order valence-electron chi connectivity index (χ4n) is 3.70. The molecule has 1 fully saturated rings. The molecule has 7 heteroatoms. The first kappa shape index (κ1) is 21.2. The van der Waals surface area contributed by atoms with Gasteiger partial charge in [0.25, 0.3) is 11.7 Å². The number of likely N-dealkylation sites (tertiary alicyclic amines) is 1. The lowest BCUT2D eigenvalue weighted by Crippen LogP contribution is -2.29. The Labute approximate surface area is 186 Å². The summed E-state index contributed by atoms with van der Waals surface area (Å²) in [6, 6.07) is 13.2. The van der Waals surface area contributed by atoms with Crippen molar-refractivity contribution in [2.45, 2.75) is 25.9 Å². The number of pyridine rings is 2. The van der Waals surface area contributed by atoms with Crippen molar-refractivity contribution in [3.63, 3.8) is 0 Å². The third kappa shape index (κ3) is 4.23. The average molecular weight is 429 g/mol. The topological polar surface area (TPSA) is 92.6 Å². The molecule has 0 aliphatic carbocycles. The van der Waals surface area contributed by atoms with Crippen molar-refractivity contribution < 1.29 is 19.4 Å². The molecule has 0 bridgehead atoms. The minimum Gasteiger partial charge on any atom is -0.507 e. The third-order valence-corrected chi connectivity index (χ3v) is 5.22. The molecule has 1 amide bonds. The van der Waals surface area contributed by atoms with Crippen molar-refractivity contribution in [3.8, 4) is 5.75 Å². The number of benzene rings is 1. The summed E-state index contributed by atoms with van der Waals surface area (Å²) in [4.78, 5) is 35.7. The van der Waals surface area contributed by atoms with E-state index in [0.717, 1.165) is 12.0 Å². The maximum atomic E-state index is 13.0. The Balaban J connectivity index is 1.76. The smallest absolute Gasteiger partial charge is 0.295 e. The van der Waals surface area contributed by atoms with Crippen LogP contribution in [0.15, 0.2) is 78.9 Å². The summed E-state index contributed by atoms with van der Waals surface area (Å²) < 4.78 is 5.59. The van der Waals surface area contributed by atoms with Gasteiger partial charge in [-0.2, -0.15) is 0 Å². The van der Waals surface area contributed by atoms with Crippen LogP contribution in [0, 0.1) is 0 Å². The lowest BCUT2D eigenvalue weighted by atomic mass is 9.96. The number of ether oxygens (including phenoxy) is 1. The fraction of sp³-hybridized carbons (Fsp3) is 0.200. The number of amides is 1. The molecule has 7 nitrogen and oxygen atoms in total. The molecule has 0 spiro atoms. The Morgan fingerprint density at radius 2 is 1.75 bits per heavy atom. The normalized spacial score (nSPS) is 17.5. The van der Waals surface area contributed by atoms with Crippen LogP contribution in [0.5, 0.6) is 5.75 Å². The van der Waals surface area contributed by atoms with E-state index in [2.05, 4.69) is 9.97 Å². The third-order valence-electron chi connectivity index (χ3n) is 5.22. The van der Waals surface area contributed by atoms with E-state index in [1.165, 1.54) is 4.90 Å². The van der Waals surface area contributed by atoms with E-state index in [-0.39, 0.29) is 17.9 Å². The van der Waals surface area contributed by atoms with E-state index in [1.54, 1.807) is 67.3 Å². The summed E-state index contributed by atoms with van der Waals surface area (Å²) in [5.41, 5.74) is 1.89. The van der Waals surface area contributed by atoms with Crippen LogP contribution >= 0.6 is 0 Å².